The van der Waals surface area contributed by atoms with Gasteiger partial charge in [-0.05, 0) is 38.1 Å². The summed E-state index contributed by atoms with van der Waals surface area (Å²) < 4.78 is 50.0. The Bertz CT molecular complexity index is 390. The molecule has 1 aromatic rings. The number of aliphatic hydroxyl groups excluding tert-OH is 1. The van der Waals surface area contributed by atoms with E-state index in [0.29, 0.717) is 5.75 Å². The van der Waals surface area contributed by atoms with Crippen LogP contribution in [0, 0.1) is 0 Å². The fourth-order valence-corrected chi connectivity index (χ4v) is 1.28. The van der Waals surface area contributed by atoms with Gasteiger partial charge in [-0.1, -0.05) is 0 Å². The third-order valence-electron chi connectivity index (χ3n) is 2.12. The monoisotopic (exact) mass is 294 g/mol. The van der Waals surface area contributed by atoms with Gasteiger partial charge >= 0.3 is 6.36 Å². The molecule has 1 aromatic carbocycles. The van der Waals surface area contributed by atoms with E-state index in [-0.39, 0.29) is 25.1 Å². The molecule has 1 N–H and O–H groups in total. The molecule has 0 aromatic heterocycles. The predicted octanol–water partition coefficient (Wildman–Crippen LogP) is 2.75. The minimum Gasteiger partial charge on any atom is -0.491 e. The summed E-state index contributed by atoms with van der Waals surface area (Å²) in [5, 5.41) is 9.54. The van der Waals surface area contributed by atoms with E-state index in [1.807, 2.05) is 13.8 Å². The van der Waals surface area contributed by atoms with Gasteiger partial charge in [0.2, 0.25) is 0 Å². The zero-order valence-corrected chi connectivity index (χ0v) is 11.2. The van der Waals surface area contributed by atoms with Crippen LogP contribution in [0.25, 0.3) is 0 Å². The zero-order chi connectivity index (χ0) is 15.2. The van der Waals surface area contributed by atoms with Gasteiger partial charge in [0.05, 0.1) is 12.7 Å². The summed E-state index contributed by atoms with van der Waals surface area (Å²) in [4.78, 5) is 0. The van der Waals surface area contributed by atoms with E-state index in [1.54, 1.807) is 0 Å². The fraction of sp³-hybridized carbons (Fsp3) is 0.538. The SMILES string of the molecule is CC(C)OCC(O)COc1ccc(OC(F)(F)F)cc1. The molecule has 0 aliphatic carbocycles. The highest BCUT2D eigenvalue weighted by molar-refractivity contribution is 5.31. The molecule has 0 heterocycles. The van der Waals surface area contributed by atoms with Crippen molar-refractivity contribution in [2.45, 2.75) is 32.4 Å². The van der Waals surface area contributed by atoms with Crippen molar-refractivity contribution in [3.05, 3.63) is 24.3 Å². The quantitative estimate of drug-likeness (QED) is 0.840. The normalized spacial score (nSPS) is 13.3. The van der Waals surface area contributed by atoms with Crippen molar-refractivity contribution in [2.75, 3.05) is 13.2 Å². The van der Waals surface area contributed by atoms with Crippen LogP contribution in [0.2, 0.25) is 0 Å². The second kappa shape index (κ2) is 7.35. The summed E-state index contributed by atoms with van der Waals surface area (Å²) in [6.07, 6.45) is -5.51. The summed E-state index contributed by atoms with van der Waals surface area (Å²) >= 11 is 0. The van der Waals surface area contributed by atoms with E-state index < -0.39 is 12.5 Å². The molecule has 7 heteroatoms. The number of aliphatic hydroxyl groups is 1. The average Bonchev–Trinajstić information content (AvgIpc) is 2.33. The predicted molar refractivity (Wildman–Crippen MR) is 65.7 cm³/mol. The van der Waals surface area contributed by atoms with Gasteiger partial charge < -0.3 is 19.3 Å². The maximum absolute atomic E-state index is 11.9. The summed E-state index contributed by atoms with van der Waals surface area (Å²) in [6, 6.07) is 4.94. The number of rotatable bonds is 7. The molecule has 0 aliphatic heterocycles. The Balaban J connectivity index is 2.38. The van der Waals surface area contributed by atoms with Gasteiger partial charge in [0, 0.05) is 0 Å². The molecule has 0 fully saturated rings. The minimum absolute atomic E-state index is 0.00320. The van der Waals surface area contributed by atoms with Crippen molar-refractivity contribution >= 4 is 0 Å². The Morgan fingerprint density at radius 2 is 1.60 bits per heavy atom. The number of alkyl halides is 3. The van der Waals surface area contributed by atoms with Crippen LogP contribution in [0.4, 0.5) is 13.2 Å². The highest BCUT2D eigenvalue weighted by atomic mass is 19.4. The first kappa shape index (κ1) is 16.6. The Morgan fingerprint density at radius 3 is 2.10 bits per heavy atom. The number of ether oxygens (including phenoxy) is 3. The first-order valence-electron chi connectivity index (χ1n) is 6.04. The molecule has 1 atom stereocenters. The molecule has 0 bridgehead atoms. The third-order valence-corrected chi connectivity index (χ3v) is 2.12. The molecule has 0 saturated heterocycles. The van der Waals surface area contributed by atoms with Crippen molar-refractivity contribution in [1.82, 2.24) is 0 Å². The summed E-state index contributed by atoms with van der Waals surface area (Å²) in [7, 11) is 0. The molecule has 1 rings (SSSR count). The molecule has 1 unspecified atom stereocenters. The van der Waals surface area contributed by atoms with Crippen LogP contribution >= 0.6 is 0 Å². The largest absolute Gasteiger partial charge is 0.573 e. The van der Waals surface area contributed by atoms with Crippen LogP contribution in [-0.2, 0) is 4.74 Å². The number of benzene rings is 1. The molecule has 4 nitrogen and oxygen atoms in total. The van der Waals surface area contributed by atoms with E-state index in [0.717, 1.165) is 12.1 Å². The van der Waals surface area contributed by atoms with Gasteiger partial charge in [-0.15, -0.1) is 13.2 Å². The number of halogens is 3. The first-order valence-corrected chi connectivity index (χ1v) is 6.04. The fourth-order valence-electron chi connectivity index (χ4n) is 1.28. The van der Waals surface area contributed by atoms with Crippen LogP contribution < -0.4 is 9.47 Å². The van der Waals surface area contributed by atoms with E-state index in [1.165, 1.54) is 12.1 Å². The molecule has 0 amide bonds. The Hall–Kier alpha value is -1.47. The average molecular weight is 294 g/mol. The highest BCUT2D eigenvalue weighted by Crippen LogP contribution is 2.24. The first-order chi connectivity index (χ1) is 9.26. The molecular formula is C13H17F3O4. The standard InChI is InChI=1S/C13H17F3O4/c1-9(2)18-7-10(17)8-19-11-3-5-12(6-4-11)20-13(14,15)16/h3-6,9-10,17H,7-8H2,1-2H3. The van der Waals surface area contributed by atoms with Gasteiger partial charge in [-0.2, -0.15) is 0 Å². The molecule has 0 radical (unpaired) electrons. The molecule has 0 spiro atoms. The van der Waals surface area contributed by atoms with E-state index in [9.17, 15) is 18.3 Å². The Kier molecular flexibility index (Phi) is 6.09. The second-order valence-electron chi connectivity index (χ2n) is 4.37. The Morgan fingerprint density at radius 1 is 1.05 bits per heavy atom. The van der Waals surface area contributed by atoms with Crippen molar-refractivity contribution < 1.29 is 32.5 Å². The number of hydrogen-bond acceptors (Lipinski definition) is 4. The van der Waals surface area contributed by atoms with Crippen LogP contribution in [-0.4, -0.2) is 36.9 Å². The van der Waals surface area contributed by atoms with Gasteiger partial charge in [0.15, 0.2) is 0 Å². The van der Waals surface area contributed by atoms with E-state index >= 15 is 0 Å². The van der Waals surface area contributed by atoms with Gasteiger partial charge in [-0.25, -0.2) is 0 Å². The van der Waals surface area contributed by atoms with Crippen molar-refractivity contribution in [1.29, 1.82) is 0 Å². The van der Waals surface area contributed by atoms with Crippen LogP contribution in [0.1, 0.15) is 13.8 Å². The van der Waals surface area contributed by atoms with Gasteiger partial charge in [-0.3, -0.25) is 0 Å². The maximum Gasteiger partial charge on any atom is 0.573 e. The lowest BCUT2D eigenvalue weighted by Crippen LogP contribution is -2.25. The lowest BCUT2D eigenvalue weighted by molar-refractivity contribution is -0.274. The van der Waals surface area contributed by atoms with Crippen LogP contribution in [0.15, 0.2) is 24.3 Å². The highest BCUT2D eigenvalue weighted by Gasteiger charge is 2.30. The van der Waals surface area contributed by atoms with Gasteiger partial charge in [0.25, 0.3) is 0 Å². The zero-order valence-electron chi connectivity index (χ0n) is 11.2. The summed E-state index contributed by atoms with van der Waals surface area (Å²) in [5.41, 5.74) is 0. The number of hydrogen-bond donors (Lipinski definition) is 1. The summed E-state index contributed by atoms with van der Waals surface area (Å²) in [6.45, 7) is 3.80. The molecular weight excluding hydrogens is 277 g/mol. The lowest BCUT2D eigenvalue weighted by Gasteiger charge is -2.15. The van der Waals surface area contributed by atoms with Crippen LogP contribution in [0.3, 0.4) is 0 Å². The minimum atomic E-state index is -4.72. The van der Waals surface area contributed by atoms with E-state index in [2.05, 4.69) is 4.74 Å². The van der Waals surface area contributed by atoms with Crippen molar-refractivity contribution in [3.8, 4) is 11.5 Å². The second-order valence-corrected chi connectivity index (χ2v) is 4.37. The third kappa shape index (κ3) is 7.20. The molecule has 0 saturated carbocycles. The van der Waals surface area contributed by atoms with E-state index in [4.69, 9.17) is 9.47 Å². The molecule has 20 heavy (non-hydrogen) atoms. The Labute approximate surface area is 115 Å². The van der Waals surface area contributed by atoms with Gasteiger partial charge in [0.1, 0.15) is 24.2 Å². The lowest BCUT2D eigenvalue weighted by atomic mass is 10.3. The summed E-state index contributed by atoms with van der Waals surface area (Å²) in [5.74, 6) is 0.0108. The van der Waals surface area contributed by atoms with Crippen molar-refractivity contribution in [3.63, 3.8) is 0 Å². The van der Waals surface area contributed by atoms with Crippen LogP contribution in [0.5, 0.6) is 11.5 Å². The van der Waals surface area contributed by atoms with Crippen molar-refractivity contribution in [2.24, 2.45) is 0 Å². The maximum atomic E-state index is 11.9. The molecule has 0 aliphatic rings. The molecule has 114 valence electrons. The smallest absolute Gasteiger partial charge is 0.491 e. The topological polar surface area (TPSA) is 47.9 Å².